The van der Waals surface area contributed by atoms with Crippen LogP contribution in [0.4, 0.5) is 0 Å². The van der Waals surface area contributed by atoms with Crippen LogP contribution in [0.15, 0.2) is 11.6 Å². The van der Waals surface area contributed by atoms with Gasteiger partial charge >= 0.3 is 0 Å². The van der Waals surface area contributed by atoms with Gasteiger partial charge in [-0.05, 0) is 38.5 Å². The molecule has 0 atom stereocenters. The van der Waals surface area contributed by atoms with Crippen LogP contribution in [0.1, 0.15) is 44.9 Å². The summed E-state index contributed by atoms with van der Waals surface area (Å²) in [5.41, 5.74) is 0.735. The van der Waals surface area contributed by atoms with Crippen LogP contribution in [0.2, 0.25) is 0 Å². The molecule has 0 aliphatic heterocycles. The molecule has 0 heterocycles. The SMILES string of the molecule is N#CC1(NC(=O)CC2=CCCCC2)CC1. The molecule has 1 N–H and O–H groups in total. The second-order valence-corrected chi connectivity index (χ2v) is 4.53. The summed E-state index contributed by atoms with van der Waals surface area (Å²) in [7, 11) is 0. The lowest BCUT2D eigenvalue weighted by atomic mass is 9.97. The minimum absolute atomic E-state index is 0.0159. The van der Waals surface area contributed by atoms with Gasteiger partial charge < -0.3 is 5.32 Å². The Kier molecular flexibility index (Phi) is 2.77. The summed E-state index contributed by atoms with van der Waals surface area (Å²) < 4.78 is 0. The minimum Gasteiger partial charge on any atom is -0.338 e. The molecule has 0 aromatic heterocycles. The summed E-state index contributed by atoms with van der Waals surface area (Å²) in [6, 6.07) is 2.17. The molecule has 3 nitrogen and oxygen atoms in total. The molecule has 0 spiro atoms. The Hall–Kier alpha value is -1.30. The second kappa shape index (κ2) is 4.06. The van der Waals surface area contributed by atoms with E-state index in [2.05, 4.69) is 17.5 Å². The largest absolute Gasteiger partial charge is 0.338 e. The number of nitrogens with one attached hydrogen (secondary N) is 1. The van der Waals surface area contributed by atoms with Crippen molar-refractivity contribution >= 4 is 5.91 Å². The number of carbonyl (C=O) groups excluding carboxylic acids is 1. The molecule has 1 fully saturated rings. The highest BCUT2D eigenvalue weighted by atomic mass is 16.1. The van der Waals surface area contributed by atoms with Gasteiger partial charge in [0.25, 0.3) is 0 Å². The van der Waals surface area contributed by atoms with Crippen molar-refractivity contribution in [2.75, 3.05) is 0 Å². The summed E-state index contributed by atoms with van der Waals surface area (Å²) in [6.07, 6.45) is 8.88. The molecule has 0 aromatic carbocycles. The van der Waals surface area contributed by atoms with Crippen molar-refractivity contribution in [3.05, 3.63) is 11.6 Å². The van der Waals surface area contributed by atoms with E-state index in [0.717, 1.165) is 25.7 Å². The Balaban J connectivity index is 1.82. The highest BCUT2D eigenvalue weighted by Gasteiger charge is 2.44. The molecule has 15 heavy (non-hydrogen) atoms. The summed E-state index contributed by atoms with van der Waals surface area (Å²) >= 11 is 0. The van der Waals surface area contributed by atoms with E-state index in [0.29, 0.717) is 6.42 Å². The van der Waals surface area contributed by atoms with E-state index in [-0.39, 0.29) is 5.91 Å². The Labute approximate surface area is 90.2 Å². The maximum Gasteiger partial charge on any atom is 0.225 e. The predicted molar refractivity (Wildman–Crippen MR) is 56.9 cm³/mol. The number of carbonyl (C=O) groups is 1. The smallest absolute Gasteiger partial charge is 0.225 e. The molecule has 80 valence electrons. The number of nitrogens with zero attached hydrogens (tertiary/aromatic N) is 1. The predicted octanol–water partition coefficient (Wildman–Crippen LogP) is 2.05. The summed E-state index contributed by atoms with van der Waals surface area (Å²) in [5, 5.41) is 11.7. The highest BCUT2D eigenvalue weighted by Crippen LogP contribution is 2.34. The Bertz CT molecular complexity index is 334. The fourth-order valence-corrected chi connectivity index (χ4v) is 1.97. The molecule has 0 radical (unpaired) electrons. The highest BCUT2D eigenvalue weighted by molar-refractivity contribution is 5.80. The van der Waals surface area contributed by atoms with Gasteiger partial charge in [-0.2, -0.15) is 5.26 Å². The van der Waals surface area contributed by atoms with Crippen LogP contribution in [0.5, 0.6) is 0 Å². The van der Waals surface area contributed by atoms with Crippen molar-refractivity contribution in [3.8, 4) is 6.07 Å². The molecule has 0 unspecified atom stereocenters. The number of allylic oxidation sites excluding steroid dienone is 1. The minimum atomic E-state index is -0.508. The first-order chi connectivity index (χ1) is 7.24. The molecule has 2 aliphatic rings. The standard InChI is InChI=1S/C12H16N2O/c13-9-12(6-7-12)14-11(15)8-10-4-2-1-3-5-10/h4H,1-3,5-8H2,(H,14,15). The summed E-state index contributed by atoms with van der Waals surface area (Å²) in [4.78, 5) is 11.6. The van der Waals surface area contributed by atoms with E-state index < -0.39 is 5.54 Å². The molecular formula is C12H16N2O. The Morgan fingerprint density at radius 3 is 2.87 bits per heavy atom. The Morgan fingerprint density at radius 1 is 1.53 bits per heavy atom. The molecule has 2 aliphatic carbocycles. The first kappa shape index (κ1) is 10.2. The van der Waals surface area contributed by atoms with Gasteiger partial charge in [0.2, 0.25) is 5.91 Å². The van der Waals surface area contributed by atoms with Gasteiger partial charge in [0, 0.05) is 6.42 Å². The van der Waals surface area contributed by atoms with Crippen LogP contribution in [-0.2, 0) is 4.79 Å². The van der Waals surface area contributed by atoms with Crippen LogP contribution >= 0.6 is 0 Å². The van der Waals surface area contributed by atoms with E-state index in [1.54, 1.807) is 0 Å². The fourth-order valence-electron chi connectivity index (χ4n) is 1.97. The third kappa shape index (κ3) is 2.59. The maximum absolute atomic E-state index is 11.6. The topological polar surface area (TPSA) is 52.9 Å². The van der Waals surface area contributed by atoms with Crippen molar-refractivity contribution in [1.29, 1.82) is 5.26 Å². The first-order valence-electron chi connectivity index (χ1n) is 5.64. The van der Waals surface area contributed by atoms with E-state index in [4.69, 9.17) is 5.26 Å². The van der Waals surface area contributed by atoms with Gasteiger partial charge in [-0.3, -0.25) is 4.79 Å². The van der Waals surface area contributed by atoms with Gasteiger partial charge in [0.1, 0.15) is 5.54 Å². The van der Waals surface area contributed by atoms with E-state index in [1.807, 2.05) is 0 Å². The molecule has 1 amide bonds. The quantitative estimate of drug-likeness (QED) is 0.715. The van der Waals surface area contributed by atoms with Gasteiger partial charge in [0.05, 0.1) is 6.07 Å². The first-order valence-corrected chi connectivity index (χ1v) is 5.64. The van der Waals surface area contributed by atoms with Crippen LogP contribution < -0.4 is 5.32 Å². The molecule has 0 saturated heterocycles. The van der Waals surface area contributed by atoms with E-state index >= 15 is 0 Å². The zero-order valence-corrected chi connectivity index (χ0v) is 8.88. The molecule has 3 heteroatoms. The Morgan fingerprint density at radius 2 is 2.33 bits per heavy atom. The number of hydrogen-bond donors (Lipinski definition) is 1. The number of rotatable bonds is 3. The molecule has 0 aromatic rings. The van der Waals surface area contributed by atoms with Crippen molar-refractivity contribution in [2.45, 2.75) is 50.5 Å². The van der Waals surface area contributed by atoms with Crippen LogP contribution in [-0.4, -0.2) is 11.4 Å². The van der Waals surface area contributed by atoms with Crippen molar-refractivity contribution in [3.63, 3.8) is 0 Å². The summed E-state index contributed by atoms with van der Waals surface area (Å²) in [5.74, 6) is 0.0159. The zero-order chi connectivity index (χ0) is 10.7. The van der Waals surface area contributed by atoms with Crippen LogP contribution in [0.25, 0.3) is 0 Å². The molecular weight excluding hydrogens is 188 g/mol. The normalized spacial score (nSPS) is 22.5. The molecule has 2 rings (SSSR count). The van der Waals surface area contributed by atoms with Gasteiger partial charge in [-0.25, -0.2) is 0 Å². The average Bonchev–Trinajstić information content (AvgIpc) is 3.00. The molecule has 1 saturated carbocycles. The van der Waals surface area contributed by atoms with Crippen LogP contribution in [0, 0.1) is 11.3 Å². The number of nitriles is 1. The van der Waals surface area contributed by atoms with Crippen molar-refractivity contribution in [1.82, 2.24) is 5.32 Å². The van der Waals surface area contributed by atoms with E-state index in [1.165, 1.54) is 18.4 Å². The third-order valence-electron chi connectivity index (χ3n) is 3.12. The lowest BCUT2D eigenvalue weighted by Crippen LogP contribution is -2.35. The third-order valence-corrected chi connectivity index (χ3v) is 3.12. The maximum atomic E-state index is 11.6. The van der Waals surface area contributed by atoms with Gasteiger partial charge in [0.15, 0.2) is 0 Å². The second-order valence-electron chi connectivity index (χ2n) is 4.53. The van der Waals surface area contributed by atoms with Crippen LogP contribution in [0.3, 0.4) is 0 Å². The summed E-state index contributed by atoms with van der Waals surface area (Å²) in [6.45, 7) is 0. The number of hydrogen-bond acceptors (Lipinski definition) is 2. The monoisotopic (exact) mass is 204 g/mol. The average molecular weight is 204 g/mol. The number of amides is 1. The zero-order valence-electron chi connectivity index (χ0n) is 8.88. The molecule has 0 bridgehead atoms. The lowest BCUT2D eigenvalue weighted by Gasteiger charge is -2.14. The van der Waals surface area contributed by atoms with Crippen molar-refractivity contribution in [2.24, 2.45) is 0 Å². The van der Waals surface area contributed by atoms with Gasteiger partial charge in [-0.15, -0.1) is 0 Å². The van der Waals surface area contributed by atoms with E-state index in [9.17, 15) is 4.79 Å². The lowest BCUT2D eigenvalue weighted by molar-refractivity contribution is -0.121. The van der Waals surface area contributed by atoms with Gasteiger partial charge in [-0.1, -0.05) is 11.6 Å². The fraction of sp³-hybridized carbons (Fsp3) is 0.667. The van der Waals surface area contributed by atoms with Crippen molar-refractivity contribution < 1.29 is 4.79 Å².